The number of ether oxygens (including phenoxy) is 1. The van der Waals surface area contributed by atoms with Crippen molar-refractivity contribution in [2.24, 2.45) is 0 Å². The third kappa shape index (κ3) is 3.54. The van der Waals surface area contributed by atoms with Gasteiger partial charge in [-0.25, -0.2) is 4.98 Å². The molecular formula is C14H13Cl3N2O. The molecule has 3 nitrogen and oxygen atoms in total. The van der Waals surface area contributed by atoms with Gasteiger partial charge >= 0.3 is 0 Å². The summed E-state index contributed by atoms with van der Waals surface area (Å²) in [7, 11) is 0. The first-order valence-corrected chi connectivity index (χ1v) is 7.30. The van der Waals surface area contributed by atoms with Gasteiger partial charge in [-0.3, -0.25) is 0 Å². The van der Waals surface area contributed by atoms with E-state index >= 15 is 0 Å². The van der Waals surface area contributed by atoms with Crippen molar-refractivity contribution in [2.75, 3.05) is 0 Å². The summed E-state index contributed by atoms with van der Waals surface area (Å²) in [6, 6.07) is 5.03. The Balaban J connectivity index is 2.34. The Kier molecular flexibility index (Phi) is 5.08. The number of aromatic nitrogens is 2. The highest BCUT2D eigenvalue weighted by atomic mass is 35.5. The number of halogens is 3. The molecule has 0 saturated carbocycles. The lowest BCUT2D eigenvalue weighted by Gasteiger charge is -2.10. The van der Waals surface area contributed by atoms with Crippen LogP contribution in [-0.2, 0) is 6.42 Å². The molecule has 0 bridgehead atoms. The van der Waals surface area contributed by atoms with E-state index in [2.05, 4.69) is 16.9 Å². The number of hydrogen-bond donors (Lipinski definition) is 0. The van der Waals surface area contributed by atoms with Gasteiger partial charge in [0.1, 0.15) is 16.7 Å². The third-order valence-corrected chi connectivity index (χ3v) is 3.77. The number of benzene rings is 1. The Morgan fingerprint density at radius 3 is 2.50 bits per heavy atom. The van der Waals surface area contributed by atoms with Gasteiger partial charge in [-0.15, -0.1) is 0 Å². The lowest BCUT2D eigenvalue weighted by atomic mass is 10.3. The van der Waals surface area contributed by atoms with Gasteiger partial charge < -0.3 is 4.74 Å². The molecule has 6 heteroatoms. The molecule has 0 amide bonds. The van der Waals surface area contributed by atoms with E-state index in [4.69, 9.17) is 39.5 Å². The number of hydrogen-bond acceptors (Lipinski definition) is 3. The van der Waals surface area contributed by atoms with Crippen LogP contribution in [0.2, 0.25) is 15.2 Å². The minimum atomic E-state index is 0.401. The van der Waals surface area contributed by atoms with Crippen molar-refractivity contribution in [1.29, 1.82) is 0 Å². The quantitative estimate of drug-likeness (QED) is 0.695. The smallest absolute Gasteiger partial charge is 0.226 e. The van der Waals surface area contributed by atoms with Crippen LogP contribution in [-0.4, -0.2) is 9.97 Å². The van der Waals surface area contributed by atoms with Crippen molar-refractivity contribution in [1.82, 2.24) is 9.97 Å². The summed E-state index contributed by atoms with van der Waals surface area (Å²) in [5, 5.41) is 1.30. The minimum Gasteiger partial charge on any atom is -0.439 e. The molecule has 0 spiro atoms. The van der Waals surface area contributed by atoms with Crippen LogP contribution >= 0.6 is 34.8 Å². The van der Waals surface area contributed by atoms with Crippen molar-refractivity contribution in [3.05, 3.63) is 44.8 Å². The van der Waals surface area contributed by atoms with Gasteiger partial charge in [-0.05, 0) is 25.5 Å². The van der Waals surface area contributed by atoms with Gasteiger partial charge in [0.2, 0.25) is 5.88 Å². The fourth-order valence-corrected chi connectivity index (χ4v) is 2.06. The number of aryl methyl sites for hydroxylation is 1. The third-order valence-electron chi connectivity index (χ3n) is 2.67. The highest BCUT2D eigenvalue weighted by Gasteiger charge is 2.12. The molecule has 20 heavy (non-hydrogen) atoms. The molecule has 1 aromatic heterocycles. The van der Waals surface area contributed by atoms with Gasteiger partial charge in [0.15, 0.2) is 0 Å². The molecule has 0 aliphatic heterocycles. The Labute approximate surface area is 132 Å². The summed E-state index contributed by atoms with van der Waals surface area (Å²) in [5.74, 6) is 1.66. The second-order valence-corrected chi connectivity index (χ2v) is 5.46. The van der Waals surface area contributed by atoms with Gasteiger partial charge in [0.25, 0.3) is 0 Å². The molecule has 0 unspecified atom stereocenters. The highest BCUT2D eigenvalue weighted by Crippen LogP contribution is 2.31. The van der Waals surface area contributed by atoms with E-state index in [-0.39, 0.29) is 0 Å². The first-order valence-electron chi connectivity index (χ1n) is 6.17. The standard InChI is InChI=1S/C14H13Cl3N2O/c1-3-4-12-18-13(17)8(2)14(19-12)20-9-5-6-10(15)11(16)7-9/h5-7H,3-4H2,1-2H3. The van der Waals surface area contributed by atoms with Crippen LogP contribution in [0.25, 0.3) is 0 Å². The van der Waals surface area contributed by atoms with Crippen molar-refractivity contribution in [3.63, 3.8) is 0 Å². The first-order chi connectivity index (χ1) is 9.51. The molecule has 0 saturated heterocycles. The molecule has 0 aliphatic carbocycles. The van der Waals surface area contributed by atoms with Crippen LogP contribution < -0.4 is 4.74 Å². The Hall–Kier alpha value is -1.03. The van der Waals surface area contributed by atoms with Crippen LogP contribution in [0.3, 0.4) is 0 Å². The van der Waals surface area contributed by atoms with Gasteiger partial charge in [0.05, 0.1) is 10.0 Å². The maximum atomic E-state index is 6.10. The maximum Gasteiger partial charge on any atom is 0.226 e. The highest BCUT2D eigenvalue weighted by molar-refractivity contribution is 6.42. The van der Waals surface area contributed by atoms with Gasteiger partial charge in [-0.2, -0.15) is 4.98 Å². The molecule has 1 aromatic carbocycles. The van der Waals surface area contributed by atoms with Gasteiger partial charge in [0, 0.05) is 18.1 Å². The van der Waals surface area contributed by atoms with E-state index in [9.17, 15) is 0 Å². The maximum absolute atomic E-state index is 6.10. The normalized spacial score (nSPS) is 10.7. The predicted molar refractivity (Wildman–Crippen MR) is 82.3 cm³/mol. The molecule has 106 valence electrons. The molecule has 2 aromatic rings. The summed E-state index contributed by atoms with van der Waals surface area (Å²) < 4.78 is 5.73. The predicted octanol–water partition coefficient (Wildman–Crippen LogP) is 5.49. The van der Waals surface area contributed by atoms with Gasteiger partial charge in [-0.1, -0.05) is 41.7 Å². The van der Waals surface area contributed by atoms with Crippen molar-refractivity contribution < 1.29 is 4.74 Å². The van der Waals surface area contributed by atoms with E-state index in [0.717, 1.165) is 12.8 Å². The van der Waals surface area contributed by atoms with Crippen LogP contribution in [0.4, 0.5) is 0 Å². The van der Waals surface area contributed by atoms with Crippen molar-refractivity contribution in [2.45, 2.75) is 26.7 Å². The summed E-state index contributed by atoms with van der Waals surface area (Å²) in [5.41, 5.74) is 0.692. The lowest BCUT2D eigenvalue weighted by molar-refractivity contribution is 0.454. The minimum absolute atomic E-state index is 0.401. The van der Waals surface area contributed by atoms with E-state index in [1.165, 1.54) is 0 Å². The zero-order valence-corrected chi connectivity index (χ0v) is 13.4. The zero-order valence-electron chi connectivity index (χ0n) is 11.1. The lowest BCUT2D eigenvalue weighted by Crippen LogP contribution is -2.01. The SMILES string of the molecule is CCCc1nc(Cl)c(C)c(Oc2ccc(Cl)c(Cl)c2)n1. The molecule has 0 aliphatic rings. The summed E-state index contributed by atoms with van der Waals surface area (Å²) in [6.07, 6.45) is 1.68. The topological polar surface area (TPSA) is 35.0 Å². The summed E-state index contributed by atoms with van der Waals surface area (Å²) in [6.45, 7) is 3.86. The van der Waals surface area contributed by atoms with Crippen LogP contribution in [0.5, 0.6) is 11.6 Å². The molecular weight excluding hydrogens is 319 g/mol. The molecule has 1 heterocycles. The second kappa shape index (κ2) is 6.61. The fourth-order valence-electron chi connectivity index (χ4n) is 1.60. The van der Waals surface area contributed by atoms with E-state index in [1.54, 1.807) is 18.2 Å². The Morgan fingerprint density at radius 1 is 1.10 bits per heavy atom. The summed E-state index contributed by atoms with van der Waals surface area (Å²) in [4.78, 5) is 8.60. The molecule has 0 N–H and O–H groups in total. The monoisotopic (exact) mass is 330 g/mol. The fraction of sp³-hybridized carbons (Fsp3) is 0.286. The second-order valence-electron chi connectivity index (χ2n) is 4.29. The number of rotatable bonds is 4. The van der Waals surface area contributed by atoms with Crippen LogP contribution in [0, 0.1) is 6.92 Å². The van der Waals surface area contributed by atoms with Crippen molar-refractivity contribution >= 4 is 34.8 Å². The molecule has 0 radical (unpaired) electrons. The first kappa shape index (κ1) is 15.4. The Morgan fingerprint density at radius 2 is 1.85 bits per heavy atom. The zero-order chi connectivity index (χ0) is 14.7. The molecule has 2 rings (SSSR count). The summed E-state index contributed by atoms with van der Waals surface area (Å²) >= 11 is 17.9. The van der Waals surface area contributed by atoms with E-state index in [1.807, 2.05) is 6.92 Å². The largest absolute Gasteiger partial charge is 0.439 e. The van der Waals surface area contributed by atoms with Crippen LogP contribution in [0.1, 0.15) is 24.7 Å². The Bertz CT molecular complexity index is 632. The van der Waals surface area contributed by atoms with E-state index in [0.29, 0.717) is 38.2 Å². The average Bonchev–Trinajstić information content (AvgIpc) is 2.40. The molecule has 0 atom stereocenters. The molecule has 0 fully saturated rings. The number of nitrogens with zero attached hydrogens (tertiary/aromatic N) is 2. The van der Waals surface area contributed by atoms with Crippen LogP contribution in [0.15, 0.2) is 18.2 Å². The van der Waals surface area contributed by atoms with Crippen molar-refractivity contribution in [3.8, 4) is 11.6 Å². The average molecular weight is 332 g/mol. The van der Waals surface area contributed by atoms with E-state index < -0.39 is 0 Å².